The van der Waals surface area contributed by atoms with Gasteiger partial charge in [0.05, 0.1) is 5.75 Å². The summed E-state index contributed by atoms with van der Waals surface area (Å²) >= 11 is 0. The molecule has 76 valence electrons. The molecule has 0 saturated heterocycles. The number of carbonyl (C=O) groups is 1. The summed E-state index contributed by atoms with van der Waals surface area (Å²) in [7, 11) is -0.947. The van der Waals surface area contributed by atoms with Gasteiger partial charge in [0.15, 0.2) is 0 Å². The number of ketones is 1. The topological polar surface area (TPSA) is 34.1 Å². The van der Waals surface area contributed by atoms with Gasteiger partial charge in [-0.3, -0.25) is 9.00 Å². The highest BCUT2D eigenvalue weighted by atomic mass is 32.2. The Bertz CT molecular complexity index is 205. The molecule has 0 radical (unpaired) electrons. The van der Waals surface area contributed by atoms with E-state index in [1.165, 1.54) is 12.8 Å². The van der Waals surface area contributed by atoms with E-state index >= 15 is 0 Å². The van der Waals surface area contributed by atoms with E-state index in [4.69, 9.17) is 0 Å². The highest BCUT2D eigenvalue weighted by Gasteiger charge is 2.24. The van der Waals surface area contributed by atoms with Crippen molar-refractivity contribution in [2.75, 3.05) is 5.75 Å². The highest BCUT2D eigenvalue weighted by molar-refractivity contribution is 7.86. The van der Waals surface area contributed by atoms with Gasteiger partial charge in [-0.25, -0.2) is 0 Å². The lowest BCUT2D eigenvalue weighted by molar-refractivity contribution is -0.120. The maximum Gasteiger partial charge on any atom is 0.148 e. The summed E-state index contributed by atoms with van der Waals surface area (Å²) in [4.78, 5) is 11.6. The standard InChI is InChI=1S/C10H18O2S/c1-8(2)13(12)7-10(11)9-5-3-4-6-9/h8-9H,3-7H2,1-2H3. The number of rotatable bonds is 4. The molecule has 0 N–H and O–H groups in total. The minimum Gasteiger partial charge on any atom is -0.298 e. The number of hydrogen-bond donors (Lipinski definition) is 0. The molecule has 1 saturated carbocycles. The van der Waals surface area contributed by atoms with Crippen LogP contribution in [0.25, 0.3) is 0 Å². The van der Waals surface area contributed by atoms with Gasteiger partial charge in [-0.05, 0) is 12.8 Å². The lowest BCUT2D eigenvalue weighted by Gasteiger charge is -2.08. The first-order valence-electron chi connectivity index (χ1n) is 5.01. The van der Waals surface area contributed by atoms with Crippen LogP contribution >= 0.6 is 0 Å². The van der Waals surface area contributed by atoms with Crippen LogP contribution in [0.2, 0.25) is 0 Å². The maximum absolute atomic E-state index is 11.6. The molecule has 1 fully saturated rings. The van der Waals surface area contributed by atoms with Crippen molar-refractivity contribution >= 4 is 16.6 Å². The summed E-state index contributed by atoms with van der Waals surface area (Å²) in [6.45, 7) is 3.80. The lowest BCUT2D eigenvalue weighted by Crippen LogP contribution is -2.22. The van der Waals surface area contributed by atoms with Crippen molar-refractivity contribution in [3.63, 3.8) is 0 Å². The molecule has 0 aromatic carbocycles. The summed E-state index contributed by atoms with van der Waals surface area (Å²) < 4.78 is 11.4. The monoisotopic (exact) mass is 202 g/mol. The smallest absolute Gasteiger partial charge is 0.148 e. The Kier molecular flexibility index (Phi) is 4.10. The molecule has 0 heterocycles. The molecule has 0 aromatic rings. The summed E-state index contributed by atoms with van der Waals surface area (Å²) in [6, 6.07) is 0. The predicted molar refractivity (Wildman–Crippen MR) is 55.1 cm³/mol. The zero-order valence-electron chi connectivity index (χ0n) is 8.41. The average Bonchev–Trinajstić information content (AvgIpc) is 2.55. The Labute approximate surface area is 82.6 Å². The molecular formula is C10H18O2S. The Morgan fingerprint density at radius 2 is 1.92 bits per heavy atom. The molecule has 0 aromatic heterocycles. The van der Waals surface area contributed by atoms with E-state index in [1.54, 1.807) is 0 Å². The maximum atomic E-state index is 11.6. The minimum atomic E-state index is -0.947. The molecule has 0 bridgehead atoms. The number of Topliss-reactive ketones (excluding diaryl/α,β-unsaturated/α-hetero) is 1. The summed E-state index contributed by atoms with van der Waals surface area (Å²) in [5.41, 5.74) is 0. The van der Waals surface area contributed by atoms with Gasteiger partial charge in [0.2, 0.25) is 0 Å². The molecular weight excluding hydrogens is 184 g/mol. The number of carbonyl (C=O) groups excluding carboxylic acids is 1. The molecule has 1 atom stereocenters. The van der Waals surface area contributed by atoms with Crippen molar-refractivity contribution in [3.05, 3.63) is 0 Å². The van der Waals surface area contributed by atoms with Crippen molar-refractivity contribution in [1.29, 1.82) is 0 Å². The van der Waals surface area contributed by atoms with E-state index in [-0.39, 0.29) is 22.7 Å². The van der Waals surface area contributed by atoms with Gasteiger partial charge in [-0.1, -0.05) is 26.7 Å². The third-order valence-electron chi connectivity index (χ3n) is 2.62. The van der Waals surface area contributed by atoms with Gasteiger partial charge in [0.1, 0.15) is 5.78 Å². The largest absolute Gasteiger partial charge is 0.298 e. The molecule has 0 amide bonds. The fourth-order valence-corrected chi connectivity index (χ4v) is 2.52. The SMILES string of the molecule is CC(C)S(=O)CC(=O)C1CCCC1. The van der Waals surface area contributed by atoms with Crippen molar-refractivity contribution < 1.29 is 9.00 Å². The van der Waals surface area contributed by atoms with Crippen molar-refractivity contribution in [2.24, 2.45) is 5.92 Å². The lowest BCUT2D eigenvalue weighted by atomic mass is 10.0. The third-order valence-corrected chi connectivity index (χ3v) is 4.24. The second-order valence-electron chi connectivity index (χ2n) is 4.02. The van der Waals surface area contributed by atoms with Crippen LogP contribution in [0.1, 0.15) is 39.5 Å². The highest BCUT2D eigenvalue weighted by Crippen LogP contribution is 2.25. The Balaban J connectivity index is 2.36. The first-order valence-corrected chi connectivity index (χ1v) is 6.39. The average molecular weight is 202 g/mol. The fourth-order valence-electron chi connectivity index (χ4n) is 1.67. The predicted octanol–water partition coefficient (Wildman–Crippen LogP) is 1.90. The van der Waals surface area contributed by atoms with E-state index < -0.39 is 10.8 Å². The minimum absolute atomic E-state index is 0.116. The van der Waals surface area contributed by atoms with Crippen LogP contribution in [-0.4, -0.2) is 21.0 Å². The van der Waals surface area contributed by atoms with Crippen LogP contribution in [0.5, 0.6) is 0 Å². The first-order chi connectivity index (χ1) is 6.11. The Morgan fingerprint density at radius 1 is 1.38 bits per heavy atom. The van der Waals surface area contributed by atoms with Gasteiger partial charge in [0.25, 0.3) is 0 Å². The van der Waals surface area contributed by atoms with E-state index in [0.717, 1.165) is 12.8 Å². The molecule has 2 nitrogen and oxygen atoms in total. The molecule has 1 aliphatic rings. The fraction of sp³-hybridized carbons (Fsp3) is 0.900. The zero-order chi connectivity index (χ0) is 9.84. The molecule has 1 unspecified atom stereocenters. The summed E-state index contributed by atoms with van der Waals surface area (Å²) in [5, 5.41) is 0.116. The van der Waals surface area contributed by atoms with Crippen LogP contribution in [-0.2, 0) is 15.6 Å². The van der Waals surface area contributed by atoms with Crippen LogP contribution in [0.3, 0.4) is 0 Å². The van der Waals surface area contributed by atoms with Crippen LogP contribution in [0, 0.1) is 5.92 Å². The van der Waals surface area contributed by atoms with E-state index in [9.17, 15) is 9.00 Å². The van der Waals surface area contributed by atoms with Crippen LogP contribution < -0.4 is 0 Å². The Morgan fingerprint density at radius 3 is 2.38 bits per heavy atom. The summed E-state index contributed by atoms with van der Waals surface area (Å²) in [5.74, 6) is 0.731. The van der Waals surface area contributed by atoms with E-state index in [2.05, 4.69) is 0 Å². The van der Waals surface area contributed by atoms with Crippen molar-refractivity contribution in [1.82, 2.24) is 0 Å². The van der Waals surface area contributed by atoms with E-state index in [0.29, 0.717) is 0 Å². The van der Waals surface area contributed by atoms with Crippen LogP contribution in [0.4, 0.5) is 0 Å². The quantitative estimate of drug-likeness (QED) is 0.698. The van der Waals surface area contributed by atoms with Crippen molar-refractivity contribution in [2.45, 2.75) is 44.8 Å². The Hall–Kier alpha value is -0.180. The van der Waals surface area contributed by atoms with Gasteiger partial charge < -0.3 is 0 Å². The number of hydrogen-bond acceptors (Lipinski definition) is 2. The third kappa shape index (κ3) is 3.22. The second kappa shape index (κ2) is 4.89. The first kappa shape index (κ1) is 10.9. The molecule has 3 heteroatoms. The molecule has 0 aliphatic heterocycles. The normalized spacial score (nSPS) is 20.8. The second-order valence-corrected chi connectivity index (χ2v) is 6.01. The van der Waals surface area contributed by atoms with Gasteiger partial charge in [-0.15, -0.1) is 0 Å². The molecule has 13 heavy (non-hydrogen) atoms. The molecule has 1 rings (SSSR count). The van der Waals surface area contributed by atoms with E-state index in [1.807, 2.05) is 13.8 Å². The van der Waals surface area contributed by atoms with Crippen molar-refractivity contribution in [3.8, 4) is 0 Å². The van der Waals surface area contributed by atoms with Gasteiger partial charge >= 0.3 is 0 Å². The van der Waals surface area contributed by atoms with Gasteiger partial charge in [-0.2, -0.15) is 0 Å². The zero-order valence-corrected chi connectivity index (χ0v) is 9.23. The molecule has 0 spiro atoms. The van der Waals surface area contributed by atoms with Crippen LogP contribution in [0.15, 0.2) is 0 Å². The molecule has 1 aliphatic carbocycles. The van der Waals surface area contributed by atoms with Gasteiger partial charge in [0, 0.05) is 22.0 Å². The summed E-state index contributed by atoms with van der Waals surface area (Å²) in [6.07, 6.45) is 4.39.